The van der Waals surface area contributed by atoms with Crippen LogP contribution in [0.15, 0.2) is 30.5 Å². The molecule has 0 saturated carbocycles. The Morgan fingerprint density at radius 1 is 1.39 bits per heavy atom. The lowest BCUT2D eigenvalue weighted by molar-refractivity contribution is 0.0707. The van der Waals surface area contributed by atoms with Crippen molar-refractivity contribution in [2.24, 2.45) is 0 Å². The third kappa shape index (κ3) is 2.90. The molecule has 23 heavy (non-hydrogen) atoms. The molecule has 0 fully saturated rings. The summed E-state index contributed by atoms with van der Waals surface area (Å²) in [7, 11) is 1.56. The van der Waals surface area contributed by atoms with Gasteiger partial charge in [0.1, 0.15) is 11.4 Å². The largest absolute Gasteiger partial charge is 0.497 e. The number of methoxy groups -OCH3 is 1. The first-order chi connectivity index (χ1) is 11.1. The number of nitrogens with zero attached hydrogens (tertiary/aromatic N) is 3. The Bertz CT molecular complexity index is 754. The molecule has 3 rings (SSSR count). The van der Waals surface area contributed by atoms with Gasteiger partial charge in [0.25, 0.3) is 11.8 Å². The van der Waals surface area contributed by atoms with Crippen LogP contribution < -0.4 is 10.1 Å². The SMILES string of the molecule is CCN1CCn2cc(C(=O)Nc3cccc(OC)c3)nc2C1=O. The minimum Gasteiger partial charge on any atom is -0.497 e. The highest BCUT2D eigenvalue weighted by molar-refractivity contribution is 6.04. The number of hydrogen-bond acceptors (Lipinski definition) is 4. The van der Waals surface area contributed by atoms with Gasteiger partial charge in [-0.2, -0.15) is 0 Å². The fourth-order valence-corrected chi connectivity index (χ4v) is 2.54. The van der Waals surface area contributed by atoms with Crippen LogP contribution in [0, 0.1) is 0 Å². The number of benzene rings is 1. The highest BCUT2D eigenvalue weighted by atomic mass is 16.5. The molecule has 1 N–H and O–H groups in total. The van der Waals surface area contributed by atoms with E-state index in [2.05, 4.69) is 10.3 Å². The van der Waals surface area contributed by atoms with Crippen LogP contribution in [-0.4, -0.2) is 46.5 Å². The number of aromatic nitrogens is 2. The molecule has 1 aromatic heterocycles. The van der Waals surface area contributed by atoms with Gasteiger partial charge in [0.15, 0.2) is 5.82 Å². The number of carbonyl (C=O) groups excluding carboxylic acids is 2. The zero-order valence-electron chi connectivity index (χ0n) is 13.1. The minimum absolute atomic E-state index is 0.140. The molecule has 1 aliphatic heterocycles. The van der Waals surface area contributed by atoms with Crippen LogP contribution in [0.4, 0.5) is 5.69 Å². The van der Waals surface area contributed by atoms with Crippen molar-refractivity contribution in [3.05, 3.63) is 42.0 Å². The average Bonchev–Trinajstić information content (AvgIpc) is 3.01. The van der Waals surface area contributed by atoms with Crippen LogP contribution in [0.25, 0.3) is 0 Å². The van der Waals surface area contributed by atoms with Crippen molar-refractivity contribution >= 4 is 17.5 Å². The first kappa shape index (κ1) is 15.1. The highest BCUT2D eigenvalue weighted by Crippen LogP contribution is 2.18. The quantitative estimate of drug-likeness (QED) is 0.930. The van der Waals surface area contributed by atoms with E-state index in [1.165, 1.54) is 0 Å². The molecule has 1 aromatic carbocycles. The molecule has 2 heterocycles. The molecular formula is C16H18N4O3. The molecule has 7 heteroatoms. The van der Waals surface area contributed by atoms with Gasteiger partial charge in [-0.05, 0) is 19.1 Å². The number of anilines is 1. The molecular weight excluding hydrogens is 296 g/mol. The number of ether oxygens (including phenoxy) is 1. The van der Waals surface area contributed by atoms with Crippen molar-refractivity contribution in [3.63, 3.8) is 0 Å². The first-order valence-corrected chi connectivity index (χ1v) is 7.44. The molecule has 0 unspecified atom stereocenters. The van der Waals surface area contributed by atoms with E-state index in [9.17, 15) is 9.59 Å². The zero-order chi connectivity index (χ0) is 16.4. The van der Waals surface area contributed by atoms with Gasteiger partial charge in [-0.1, -0.05) is 6.07 Å². The summed E-state index contributed by atoms with van der Waals surface area (Å²) in [4.78, 5) is 30.5. The summed E-state index contributed by atoms with van der Waals surface area (Å²) in [6, 6.07) is 7.07. The number of fused-ring (bicyclic) bond motifs is 1. The maximum Gasteiger partial charge on any atom is 0.289 e. The summed E-state index contributed by atoms with van der Waals surface area (Å²) in [5, 5.41) is 2.76. The Morgan fingerprint density at radius 2 is 2.22 bits per heavy atom. The standard InChI is InChI=1S/C16H18N4O3/c1-3-19-7-8-20-10-13(18-14(20)16(19)22)15(21)17-11-5-4-6-12(9-11)23-2/h4-6,9-10H,3,7-8H2,1-2H3,(H,17,21). The fraction of sp³-hybridized carbons (Fsp3) is 0.312. The van der Waals surface area contributed by atoms with E-state index >= 15 is 0 Å². The second-order valence-electron chi connectivity index (χ2n) is 5.21. The van der Waals surface area contributed by atoms with Crippen molar-refractivity contribution < 1.29 is 14.3 Å². The van der Waals surface area contributed by atoms with Crippen LogP contribution >= 0.6 is 0 Å². The lowest BCUT2D eigenvalue weighted by Gasteiger charge is -2.25. The maximum atomic E-state index is 12.3. The van der Waals surface area contributed by atoms with Crippen LogP contribution in [0.5, 0.6) is 5.75 Å². The molecule has 0 aliphatic carbocycles. The Labute approximate surface area is 133 Å². The summed E-state index contributed by atoms with van der Waals surface area (Å²) in [6.45, 7) is 3.84. The summed E-state index contributed by atoms with van der Waals surface area (Å²) < 4.78 is 6.86. The van der Waals surface area contributed by atoms with Gasteiger partial charge in [0.2, 0.25) is 0 Å². The lowest BCUT2D eigenvalue weighted by atomic mass is 10.3. The summed E-state index contributed by atoms with van der Waals surface area (Å²) >= 11 is 0. The molecule has 0 spiro atoms. The summed E-state index contributed by atoms with van der Waals surface area (Å²) in [6.07, 6.45) is 1.62. The number of nitrogens with one attached hydrogen (secondary N) is 1. The first-order valence-electron chi connectivity index (χ1n) is 7.44. The molecule has 7 nitrogen and oxygen atoms in total. The number of amides is 2. The highest BCUT2D eigenvalue weighted by Gasteiger charge is 2.27. The van der Waals surface area contributed by atoms with Gasteiger partial charge in [0.05, 0.1) is 7.11 Å². The molecule has 0 saturated heterocycles. The van der Waals surface area contributed by atoms with Crippen molar-refractivity contribution in [3.8, 4) is 5.75 Å². The van der Waals surface area contributed by atoms with Gasteiger partial charge < -0.3 is 19.5 Å². The van der Waals surface area contributed by atoms with Gasteiger partial charge in [-0.25, -0.2) is 4.98 Å². The number of rotatable bonds is 4. The van der Waals surface area contributed by atoms with Crippen molar-refractivity contribution in [1.82, 2.24) is 14.5 Å². The van der Waals surface area contributed by atoms with Crippen molar-refractivity contribution in [1.29, 1.82) is 0 Å². The van der Waals surface area contributed by atoms with Crippen LogP contribution in [-0.2, 0) is 6.54 Å². The third-order valence-corrected chi connectivity index (χ3v) is 3.81. The Hall–Kier alpha value is -2.83. The lowest BCUT2D eigenvalue weighted by Crippen LogP contribution is -2.40. The number of carbonyl (C=O) groups is 2. The van der Waals surface area contributed by atoms with Gasteiger partial charge in [-0.15, -0.1) is 0 Å². The van der Waals surface area contributed by atoms with Crippen LogP contribution in [0.3, 0.4) is 0 Å². The van der Waals surface area contributed by atoms with E-state index in [0.29, 0.717) is 36.9 Å². The smallest absolute Gasteiger partial charge is 0.289 e. The third-order valence-electron chi connectivity index (χ3n) is 3.81. The molecule has 120 valence electrons. The molecule has 0 radical (unpaired) electrons. The monoisotopic (exact) mass is 314 g/mol. The van der Waals surface area contributed by atoms with Crippen molar-refractivity contribution in [2.75, 3.05) is 25.5 Å². The van der Waals surface area contributed by atoms with Crippen molar-refractivity contribution in [2.45, 2.75) is 13.5 Å². The van der Waals surface area contributed by atoms with Gasteiger partial charge in [-0.3, -0.25) is 9.59 Å². The average molecular weight is 314 g/mol. The second kappa shape index (κ2) is 6.12. The number of hydrogen-bond donors (Lipinski definition) is 1. The Balaban J connectivity index is 1.80. The number of likely N-dealkylation sites (N-methyl/N-ethyl adjacent to an activating group) is 1. The molecule has 2 aromatic rings. The second-order valence-corrected chi connectivity index (χ2v) is 5.21. The van der Waals surface area contributed by atoms with Crippen LogP contribution in [0.2, 0.25) is 0 Å². The maximum absolute atomic E-state index is 12.3. The molecule has 0 atom stereocenters. The molecule has 2 amide bonds. The van der Waals surface area contributed by atoms with Gasteiger partial charge in [0, 0.05) is 37.6 Å². The fourth-order valence-electron chi connectivity index (χ4n) is 2.54. The predicted molar refractivity (Wildman–Crippen MR) is 84.8 cm³/mol. The van der Waals surface area contributed by atoms with E-state index < -0.39 is 0 Å². The van der Waals surface area contributed by atoms with E-state index in [1.54, 1.807) is 47.0 Å². The Kier molecular flexibility index (Phi) is 4.01. The molecule has 1 aliphatic rings. The van der Waals surface area contributed by atoms with E-state index in [0.717, 1.165) is 0 Å². The number of imidazole rings is 1. The normalized spacial score (nSPS) is 13.7. The summed E-state index contributed by atoms with van der Waals surface area (Å²) in [5.41, 5.74) is 0.843. The molecule has 0 bridgehead atoms. The van der Waals surface area contributed by atoms with E-state index in [1.807, 2.05) is 6.92 Å². The summed E-state index contributed by atoms with van der Waals surface area (Å²) in [5.74, 6) is 0.477. The van der Waals surface area contributed by atoms with E-state index in [4.69, 9.17) is 4.74 Å². The van der Waals surface area contributed by atoms with Crippen LogP contribution in [0.1, 0.15) is 28.0 Å². The predicted octanol–water partition coefficient (Wildman–Crippen LogP) is 1.62. The van der Waals surface area contributed by atoms with Gasteiger partial charge >= 0.3 is 0 Å². The van der Waals surface area contributed by atoms with E-state index in [-0.39, 0.29) is 17.5 Å². The minimum atomic E-state index is -0.351. The zero-order valence-corrected chi connectivity index (χ0v) is 13.1. The Morgan fingerprint density at radius 3 is 2.96 bits per heavy atom. The topological polar surface area (TPSA) is 76.5 Å².